The fourth-order valence-corrected chi connectivity index (χ4v) is 3.93. The van der Waals surface area contributed by atoms with Crippen molar-refractivity contribution in [2.75, 3.05) is 39.4 Å². The molecule has 0 aromatic heterocycles. The van der Waals surface area contributed by atoms with Crippen LogP contribution in [0.1, 0.15) is 37.9 Å². The Kier molecular flexibility index (Phi) is 5.92. The molecule has 2 heterocycles. The molecule has 0 bridgehead atoms. The number of imide groups is 1. The van der Waals surface area contributed by atoms with Gasteiger partial charge in [-0.1, -0.05) is 42.0 Å². The molecule has 1 fully saturated rings. The first-order chi connectivity index (χ1) is 14.5. The number of aryl methyl sites for hydroxylation is 1. The SMILES string of the molecule is Cc1ccc(C(CNC(=O)CN2C(=O)c3ccccc3C2=O)N2CCOCC2)cc1. The highest BCUT2D eigenvalue weighted by atomic mass is 16.5. The number of nitrogens with one attached hydrogen (secondary N) is 1. The number of hydrogen-bond acceptors (Lipinski definition) is 5. The van der Waals surface area contributed by atoms with Crippen LogP contribution in [0.25, 0.3) is 0 Å². The highest BCUT2D eigenvalue weighted by molar-refractivity contribution is 6.22. The minimum absolute atomic E-state index is 0.000582. The fourth-order valence-electron chi connectivity index (χ4n) is 3.93. The number of benzene rings is 2. The Hall–Kier alpha value is -3.03. The third-order valence-corrected chi connectivity index (χ3v) is 5.62. The molecule has 0 spiro atoms. The van der Waals surface area contributed by atoms with Gasteiger partial charge in [0.15, 0.2) is 0 Å². The summed E-state index contributed by atoms with van der Waals surface area (Å²) in [5.74, 6) is -1.20. The van der Waals surface area contributed by atoms with Crippen LogP contribution in [-0.4, -0.2) is 66.9 Å². The van der Waals surface area contributed by atoms with Crippen molar-refractivity contribution in [2.24, 2.45) is 0 Å². The smallest absolute Gasteiger partial charge is 0.262 e. The van der Waals surface area contributed by atoms with Crippen molar-refractivity contribution in [2.45, 2.75) is 13.0 Å². The Labute approximate surface area is 175 Å². The van der Waals surface area contributed by atoms with Gasteiger partial charge < -0.3 is 10.1 Å². The molecule has 2 aliphatic heterocycles. The molecule has 1 N–H and O–H groups in total. The van der Waals surface area contributed by atoms with Crippen molar-refractivity contribution in [1.29, 1.82) is 0 Å². The molecular weight excluding hydrogens is 382 g/mol. The Morgan fingerprint density at radius 3 is 2.20 bits per heavy atom. The zero-order valence-corrected chi connectivity index (χ0v) is 17.0. The summed E-state index contributed by atoms with van der Waals surface area (Å²) in [6.07, 6.45) is 0. The number of carbonyl (C=O) groups is 3. The third kappa shape index (κ3) is 4.13. The molecule has 30 heavy (non-hydrogen) atoms. The van der Waals surface area contributed by atoms with Gasteiger partial charge in [-0.15, -0.1) is 0 Å². The Morgan fingerprint density at radius 1 is 1.00 bits per heavy atom. The number of carbonyl (C=O) groups excluding carboxylic acids is 3. The third-order valence-electron chi connectivity index (χ3n) is 5.62. The molecule has 7 heteroatoms. The number of amides is 3. The van der Waals surface area contributed by atoms with Crippen LogP contribution in [0.2, 0.25) is 0 Å². The van der Waals surface area contributed by atoms with Crippen molar-refractivity contribution in [3.8, 4) is 0 Å². The number of hydrogen-bond donors (Lipinski definition) is 1. The molecular formula is C23H25N3O4. The molecule has 1 saturated heterocycles. The summed E-state index contributed by atoms with van der Waals surface area (Å²) in [5.41, 5.74) is 2.99. The molecule has 0 aliphatic carbocycles. The van der Waals surface area contributed by atoms with Crippen molar-refractivity contribution < 1.29 is 19.1 Å². The largest absolute Gasteiger partial charge is 0.379 e. The lowest BCUT2D eigenvalue weighted by Crippen LogP contribution is -2.46. The number of rotatable bonds is 6. The van der Waals surface area contributed by atoms with Gasteiger partial charge in [0, 0.05) is 19.6 Å². The van der Waals surface area contributed by atoms with Gasteiger partial charge in [-0.2, -0.15) is 0 Å². The Morgan fingerprint density at radius 2 is 1.60 bits per heavy atom. The van der Waals surface area contributed by atoms with E-state index >= 15 is 0 Å². The van der Waals surface area contributed by atoms with Gasteiger partial charge in [0.1, 0.15) is 6.54 Å². The van der Waals surface area contributed by atoms with Crippen molar-refractivity contribution >= 4 is 17.7 Å². The summed E-state index contributed by atoms with van der Waals surface area (Å²) in [4.78, 5) is 40.9. The zero-order chi connectivity index (χ0) is 21.1. The van der Waals surface area contributed by atoms with Gasteiger partial charge in [0.05, 0.1) is 30.4 Å². The predicted octanol–water partition coefficient (Wildman–Crippen LogP) is 1.78. The second kappa shape index (κ2) is 8.77. The minimum Gasteiger partial charge on any atom is -0.379 e. The number of ether oxygens (including phenoxy) is 1. The van der Waals surface area contributed by atoms with Crippen LogP contribution >= 0.6 is 0 Å². The average molecular weight is 407 g/mol. The molecule has 2 aromatic carbocycles. The van der Waals surface area contributed by atoms with Gasteiger partial charge >= 0.3 is 0 Å². The standard InChI is InChI=1S/C23H25N3O4/c1-16-6-8-17(9-7-16)20(25-10-12-30-13-11-25)14-24-21(27)15-26-22(28)18-4-2-3-5-19(18)23(26)29/h2-9,20H,10-15H2,1H3,(H,24,27). The molecule has 4 rings (SSSR count). The maximum absolute atomic E-state index is 12.6. The summed E-state index contributed by atoms with van der Waals surface area (Å²) in [6.45, 7) is 5.04. The quantitative estimate of drug-likeness (QED) is 0.739. The molecule has 7 nitrogen and oxygen atoms in total. The van der Waals surface area contributed by atoms with E-state index in [0.717, 1.165) is 23.6 Å². The van der Waals surface area contributed by atoms with Crippen LogP contribution in [-0.2, 0) is 9.53 Å². The molecule has 0 radical (unpaired) electrons. The van der Waals surface area contributed by atoms with E-state index in [1.54, 1.807) is 24.3 Å². The van der Waals surface area contributed by atoms with E-state index in [1.807, 2.05) is 6.92 Å². The van der Waals surface area contributed by atoms with Crippen molar-refractivity contribution in [3.63, 3.8) is 0 Å². The lowest BCUT2D eigenvalue weighted by Gasteiger charge is -2.35. The summed E-state index contributed by atoms with van der Waals surface area (Å²) in [5, 5.41) is 2.92. The normalized spacial score (nSPS) is 17.7. The van der Waals surface area contributed by atoms with Crippen LogP contribution in [0, 0.1) is 6.92 Å². The first kappa shape index (κ1) is 20.3. The van der Waals surface area contributed by atoms with E-state index < -0.39 is 11.8 Å². The Balaban J connectivity index is 1.42. The fraction of sp³-hybridized carbons (Fsp3) is 0.348. The summed E-state index contributed by atoms with van der Waals surface area (Å²) in [6, 6.07) is 14.9. The monoisotopic (exact) mass is 407 g/mol. The maximum Gasteiger partial charge on any atom is 0.262 e. The van der Waals surface area contributed by atoms with E-state index in [1.165, 1.54) is 5.56 Å². The van der Waals surface area contributed by atoms with Gasteiger partial charge in [-0.05, 0) is 24.6 Å². The summed E-state index contributed by atoms with van der Waals surface area (Å²) in [7, 11) is 0. The van der Waals surface area contributed by atoms with Crippen LogP contribution in [0.15, 0.2) is 48.5 Å². The maximum atomic E-state index is 12.6. The topological polar surface area (TPSA) is 79.0 Å². The molecule has 3 amide bonds. The van der Waals surface area contributed by atoms with Crippen LogP contribution in [0.3, 0.4) is 0 Å². The first-order valence-corrected chi connectivity index (χ1v) is 10.1. The van der Waals surface area contributed by atoms with Gasteiger partial charge in [0.2, 0.25) is 5.91 Å². The van der Waals surface area contributed by atoms with Gasteiger partial charge in [0.25, 0.3) is 11.8 Å². The van der Waals surface area contributed by atoms with E-state index in [0.29, 0.717) is 30.9 Å². The number of nitrogens with zero attached hydrogens (tertiary/aromatic N) is 2. The van der Waals surface area contributed by atoms with Crippen molar-refractivity contribution in [1.82, 2.24) is 15.1 Å². The van der Waals surface area contributed by atoms with Crippen LogP contribution in [0.5, 0.6) is 0 Å². The first-order valence-electron chi connectivity index (χ1n) is 10.1. The van der Waals surface area contributed by atoms with Crippen LogP contribution in [0.4, 0.5) is 0 Å². The molecule has 1 unspecified atom stereocenters. The highest BCUT2D eigenvalue weighted by Gasteiger charge is 2.36. The Bertz CT molecular complexity index is 916. The molecule has 2 aromatic rings. The lowest BCUT2D eigenvalue weighted by atomic mass is 10.0. The molecule has 0 saturated carbocycles. The van der Waals surface area contributed by atoms with Crippen LogP contribution < -0.4 is 5.32 Å². The van der Waals surface area contributed by atoms with Crippen molar-refractivity contribution in [3.05, 3.63) is 70.8 Å². The summed E-state index contributed by atoms with van der Waals surface area (Å²) >= 11 is 0. The second-order valence-electron chi connectivity index (χ2n) is 7.62. The van der Waals surface area contributed by atoms with E-state index in [4.69, 9.17) is 4.74 Å². The number of fused-ring (bicyclic) bond motifs is 1. The molecule has 2 aliphatic rings. The highest BCUT2D eigenvalue weighted by Crippen LogP contribution is 2.23. The minimum atomic E-state index is -0.422. The second-order valence-corrected chi connectivity index (χ2v) is 7.62. The van der Waals surface area contributed by atoms with E-state index in [-0.39, 0.29) is 18.5 Å². The van der Waals surface area contributed by atoms with E-state index in [2.05, 4.69) is 34.5 Å². The lowest BCUT2D eigenvalue weighted by molar-refractivity contribution is -0.121. The molecule has 156 valence electrons. The van der Waals surface area contributed by atoms with Gasteiger partial charge in [-0.25, -0.2) is 0 Å². The molecule has 1 atom stereocenters. The zero-order valence-electron chi connectivity index (χ0n) is 17.0. The summed E-state index contributed by atoms with van der Waals surface area (Å²) < 4.78 is 5.46. The predicted molar refractivity (Wildman–Crippen MR) is 111 cm³/mol. The van der Waals surface area contributed by atoms with E-state index in [9.17, 15) is 14.4 Å². The van der Waals surface area contributed by atoms with Gasteiger partial charge in [-0.3, -0.25) is 24.2 Å². The number of morpholine rings is 1. The average Bonchev–Trinajstić information content (AvgIpc) is 3.01.